The van der Waals surface area contributed by atoms with E-state index in [1.807, 2.05) is 0 Å². The maximum Gasteiger partial charge on any atom is 0.159 e. The van der Waals surface area contributed by atoms with Gasteiger partial charge in [-0.25, -0.2) is 9.97 Å². The molecule has 1 aromatic heterocycles. The Balaban J connectivity index is 3.01. The summed E-state index contributed by atoms with van der Waals surface area (Å²) in [4.78, 5) is 8.30. The molecule has 0 saturated carbocycles. The highest BCUT2D eigenvalue weighted by atomic mass is 35.5. The molecule has 0 bridgehead atoms. The third-order valence-electron chi connectivity index (χ3n) is 1.90. The molecule has 0 saturated heterocycles. The van der Waals surface area contributed by atoms with Crippen LogP contribution in [0, 0.1) is 5.41 Å². The Labute approximate surface area is 89.5 Å². The summed E-state index contributed by atoms with van der Waals surface area (Å²) in [6, 6.07) is 1.65. The number of methoxy groups -OCH3 is 1. The number of nitrogens with zero attached hydrogens (tertiary/aromatic N) is 2. The van der Waals surface area contributed by atoms with Gasteiger partial charge in [-0.2, -0.15) is 0 Å². The summed E-state index contributed by atoms with van der Waals surface area (Å²) in [5, 5.41) is 0.446. The van der Waals surface area contributed by atoms with E-state index >= 15 is 0 Å². The lowest BCUT2D eigenvalue weighted by molar-refractivity contribution is 0.00866. The van der Waals surface area contributed by atoms with Crippen molar-refractivity contribution in [3.8, 4) is 0 Å². The second-order valence-electron chi connectivity index (χ2n) is 4.22. The van der Waals surface area contributed by atoms with Crippen molar-refractivity contribution in [1.82, 2.24) is 9.97 Å². The standard InChI is InChI=1S/C10H15ClN2O/c1-10(2,3)8(14-4)9-12-6-5-7(11)13-9/h5-6,8H,1-4H3. The predicted molar refractivity (Wildman–Crippen MR) is 56.2 cm³/mol. The maximum atomic E-state index is 5.79. The third-order valence-corrected chi connectivity index (χ3v) is 2.11. The van der Waals surface area contributed by atoms with Gasteiger partial charge in [0.2, 0.25) is 0 Å². The maximum absolute atomic E-state index is 5.79. The zero-order chi connectivity index (χ0) is 10.8. The van der Waals surface area contributed by atoms with E-state index in [0.717, 1.165) is 0 Å². The molecule has 0 aromatic carbocycles. The largest absolute Gasteiger partial charge is 0.373 e. The molecular formula is C10H15ClN2O. The number of ether oxygens (including phenoxy) is 1. The molecule has 0 aliphatic rings. The summed E-state index contributed by atoms with van der Waals surface area (Å²) in [6.07, 6.45) is 1.50. The third kappa shape index (κ3) is 2.66. The number of aromatic nitrogens is 2. The van der Waals surface area contributed by atoms with Crippen LogP contribution >= 0.6 is 11.6 Å². The van der Waals surface area contributed by atoms with Crippen LogP contribution in [0.3, 0.4) is 0 Å². The predicted octanol–water partition coefficient (Wildman–Crippen LogP) is 2.86. The Hall–Kier alpha value is -0.670. The molecule has 1 aromatic rings. The summed E-state index contributed by atoms with van der Waals surface area (Å²) < 4.78 is 5.37. The monoisotopic (exact) mass is 214 g/mol. The number of hydrogen-bond acceptors (Lipinski definition) is 3. The Morgan fingerprint density at radius 3 is 2.50 bits per heavy atom. The topological polar surface area (TPSA) is 35.0 Å². The first kappa shape index (κ1) is 11.4. The van der Waals surface area contributed by atoms with E-state index in [-0.39, 0.29) is 11.5 Å². The second-order valence-corrected chi connectivity index (χ2v) is 4.61. The molecule has 1 heterocycles. The van der Waals surface area contributed by atoms with Gasteiger partial charge in [0.25, 0.3) is 0 Å². The van der Waals surface area contributed by atoms with Crippen LogP contribution < -0.4 is 0 Å². The highest BCUT2D eigenvalue weighted by Crippen LogP contribution is 2.33. The average molecular weight is 215 g/mol. The van der Waals surface area contributed by atoms with E-state index in [0.29, 0.717) is 11.0 Å². The Bertz CT molecular complexity index is 309. The fraction of sp³-hybridized carbons (Fsp3) is 0.600. The molecule has 1 atom stereocenters. The van der Waals surface area contributed by atoms with Crippen molar-refractivity contribution >= 4 is 11.6 Å². The van der Waals surface area contributed by atoms with Crippen LogP contribution in [-0.4, -0.2) is 17.1 Å². The van der Waals surface area contributed by atoms with E-state index in [1.54, 1.807) is 19.4 Å². The molecule has 0 aliphatic carbocycles. The van der Waals surface area contributed by atoms with Crippen LogP contribution in [0.5, 0.6) is 0 Å². The first-order chi connectivity index (χ1) is 6.45. The van der Waals surface area contributed by atoms with Crippen LogP contribution in [0.15, 0.2) is 12.3 Å². The van der Waals surface area contributed by atoms with Crippen molar-refractivity contribution in [1.29, 1.82) is 0 Å². The van der Waals surface area contributed by atoms with Gasteiger partial charge in [0.05, 0.1) is 0 Å². The average Bonchev–Trinajstić information content (AvgIpc) is 2.02. The molecule has 0 aliphatic heterocycles. The summed E-state index contributed by atoms with van der Waals surface area (Å²) in [5.41, 5.74) is -0.0422. The van der Waals surface area contributed by atoms with E-state index in [4.69, 9.17) is 16.3 Å². The van der Waals surface area contributed by atoms with Crippen molar-refractivity contribution in [2.75, 3.05) is 7.11 Å². The smallest absolute Gasteiger partial charge is 0.159 e. The van der Waals surface area contributed by atoms with Crippen molar-refractivity contribution in [3.63, 3.8) is 0 Å². The molecule has 0 radical (unpaired) electrons. The zero-order valence-corrected chi connectivity index (χ0v) is 9.67. The van der Waals surface area contributed by atoms with Crippen molar-refractivity contribution in [2.24, 2.45) is 5.41 Å². The van der Waals surface area contributed by atoms with Crippen molar-refractivity contribution < 1.29 is 4.74 Å². The molecule has 1 rings (SSSR count). The molecule has 0 fully saturated rings. The minimum atomic E-state index is -0.138. The normalized spacial score (nSPS) is 14.1. The molecule has 78 valence electrons. The highest BCUT2D eigenvalue weighted by Gasteiger charge is 2.28. The Morgan fingerprint density at radius 2 is 2.07 bits per heavy atom. The van der Waals surface area contributed by atoms with Gasteiger partial charge >= 0.3 is 0 Å². The fourth-order valence-corrected chi connectivity index (χ4v) is 1.47. The Kier molecular flexibility index (Phi) is 3.45. The lowest BCUT2D eigenvalue weighted by atomic mass is 9.88. The molecular weight excluding hydrogens is 200 g/mol. The van der Waals surface area contributed by atoms with E-state index in [9.17, 15) is 0 Å². The minimum Gasteiger partial charge on any atom is -0.373 e. The highest BCUT2D eigenvalue weighted by molar-refractivity contribution is 6.29. The lowest BCUT2D eigenvalue weighted by Crippen LogP contribution is -2.22. The zero-order valence-electron chi connectivity index (χ0n) is 8.91. The molecule has 3 nitrogen and oxygen atoms in total. The van der Waals surface area contributed by atoms with E-state index in [2.05, 4.69) is 30.7 Å². The first-order valence-electron chi connectivity index (χ1n) is 4.46. The second kappa shape index (κ2) is 4.24. The first-order valence-corrected chi connectivity index (χ1v) is 4.84. The molecule has 0 amide bonds. The summed E-state index contributed by atoms with van der Waals surface area (Å²) in [5.74, 6) is 0.632. The number of halogens is 1. The van der Waals surface area contributed by atoms with Gasteiger partial charge in [0.1, 0.15) is 11.3 Å². The van der Waals surface area contributed by atoms with Gasteiger partial charge in [0.15, 0.2) is 5.82 Å². The van der Waals surface area contributed by atoms with Gasteiger partial charge in [-0.15, -0.1) is 0 Å². The molecule has 1 unspecified atom stereocenters. The van der Waals surface area contributed by atoms with Gasteiger partial charge in [-0.3, -0.25) is 0 Å². The van der Waals surface area contributed by atoms with E-state index < -0.39 is 0 Å². The van der Waals surface area contributed by atoms with Crippen LogP contribution in [-0.2, 0) is 4.74 Å². The molecule has 4 heteroatoms. The van der Waals surface area contributed by atoms with Crippen LogP contribution in [0.1, 0.15) is 32.7 Å². The number of rotatable bonds is 2. The van der Waals surface area contributed by atoms with Crippen molar-refractivity contribution in [2.45, 2.75) is 26.9 Å². The SMILES string of the molecule is COC(c1nccc(Cl)n1)C(C)(C)C. The molecule has 0 N–H and O–H groups in total. The van der Waals surface area contributed by atoms with Crippen LogP contribution in [0.4, 0.5) is 0 Å². The lowest BCUT2D eigenvalue weighted by Gasteiger charge is -2.27. The molecule has 0 spiro atoms. The quantitative estimate of drug-likeness (QED) is 0.711. The Morgan fingerprint density at radius 1 is 1.43 bits per heavy atom. The van der Waals surface area contributed by atoms with Crippen LogP contribution in [0.2, 0.25) is 5.15 Å². The van der Waals surface area contributed by atoms with E-state index in [1.165, 1.54) is 0 Å². The fourth-order valence-electron chi connectivity index (χ4n) is 1.32. The summed E-state index contributed by atoms with van der Waals surface area (Å²) >= 11 is 5.79. The minimum absolute atomic E-state index is 0.0422. The van der Waals surface area contributed by atoms with Gasteiger partial charge in [-0.1, -0.05) is 32.4 Å². The van der Waals surface area contributed by atoms with Crippen LogP contribution in [0.25, 0.3) is 0 Å². The summed E-state index contributed by atoms with van der Waals surface area (Å²) in [7, 11) is 1.65. The number of hydrogen-bond donors (Lipinski definition) is 0. The van der Waals surface area contributed by atoms with Gasteiger partial charge in [0, 0.05) is 13.3 Å². The van der Waals surface area contributed by atoms with Gasteiger partial charge in [-0.05, 0) is 11.5 Å². The molecule has 14 heavy (non-hydrogen) atoms. The summed E-state index contributed by atoms with van der Waals surface area (Å²) in [6.45, 7) is 6.22. The van der Waals surface area contributed by atoms with Gasteiger partial charge < -0.3 is 4.74 Å². The van der Waals surface area contributed by atoms with Crippen molar-refractivity contribution in [3.05, 3.63) is 23.2 Å².